The first-order valence-corrected chi connectivity index (χ1v) is 5.86. The predicted octanol–water partition coefficient (Wildman–Crippen LogP) is 3.00. The molecule has 2 rings (SSSR count). The summed E-state index contributed by atoms with van der Waals surface area (Å²) in [7, 11) is 0. The number of hydrogen-bond acceptors (Lipinski definition) is 2. The highest BCUT2D eigenvalue weighted by molar-refractivity contribution is 5.29. The zero-order valence-electron chi connectivity index (χ0n) is 9.63. The van der Waals surface area contributed by atoms with Crippen LogP contribution in [0.2, 0.25) is 0 Å². The number of hydrogen-bond donors (Lipinski definition) is 0. The van der Waals surface area contributed by atoms with Crippen LogP contribution in [0.25, 0.3) is 5.69 Å². The lowest BCUT2D eigenvalue weighted by Gasteiger charge is -1.98. The molecule has 0 radical (unpaired) electrons. The monoisotopic (exact) mass is 215 g/mol. The van der Waals surface area contributed by atoms with Gasteiger partial charge in [-0.15, -0.1) is 0 Å². The van der Waals surface area contributed by atoms with Crippen LogP contribution in [0.4, 0.5) is 0 Å². The van der Waals surface area contributed by atoms with Crippen LogP contribution in [-0.2, 0) is 6.42 Å². The maximum absolute atomic E-state index is 4.46. The summed E-state index contributed by atoms with van der Waals surface area (Å²) in [4.78, 5) is 4.32. The molecular formula is C13H17N3. The summed E-state index contributed by atoms with van der Waals surface area (Å²) in [6.07, 6.45) is 6.43. The Labute approximate surface area is 96.1 Å². The first kappa shape index (κ1) is 10.9. The van der Waals surface area contributed by atoms with E-state index in [9.17, 15) is 0 Å². The summed E-state index contributed by atoms with van der Waals surface area (Å²) in [5.74, 6) is 0.942. The van der Waals surface area contributed by atoms with Gasteiger partial charge >= 0.3 is 0 Å². The number of para-hydroxylation sites is 1. The molecule has 0 aliphatic heterocycles. The number of nitrogens with zero attached hydrogens (tertiary/aromatic N) is 3. The quantitative estimate of drug-likeness (QED) is 0.718. The molecule has 3 heteroatoms. The summed E-state index contributed by atoms with van der Waals surface area (Å²) in [6.45, 7) is 2.20. The normalized spacial score (nSPS) is 10.6. The largest absolute Gasteiger partial charge is 0.221 e. The molecule has 0 bridgehead atoms. The fourth-order valence-electron chi connectivity index (χ4n) is 1.65. The van der Waals surface area contributed by atoms with Crippen molar-refractivity contribution in [2.45, 2.75) is 32.6 Å². The van der Waals surface area contributed by atoms with Gasteiger partial charge < -0.3 is 0 Å². The SMILES string of the molecule is CCCCCc1ncn(-c2ccccc2)n1. The van der Waals surface area contributed by atoms with E-state index >= 15 is 0 Å². The maximum Gasteiger partial charge on any atom is 0.151 e. The van der Waals surface area contributed by atoms with Crippen molar-refractivity contribution < 1.29 is 0 Å². The Bertz CT molecular complexity index is 420. The van der Waals surface area contributed by atoms with E-state index in [2.05, 4.69) is 17.0 Å². The molecule has 0 aliphatic rings. The maximum atomic E-state index is 4.46. The molecule has 0 aliphatic carbocycles. The zero-order valence-corrected chi connectivity index (χ0v) is 9.63. The first-order chi connectivity index (χ1) is 7.90. The molecule has 84 valence electrons. The van der Waals surface area contributed by atoms with Gasteiger partial charge in [0.2, 0.25) is 0 Å². The van der Waals surface area contributed by atoms with Crippen LogP contribution in [-0.4, -0.2) is 14.8 Å². The third kappa shape index (κ3) is 2.69. The van der Waals surface area contributed by atoms with Crippen LogP contribution in [0.15, 0.2) is 36.7 Å². The summed E-state index contributed by atoms with van der Waals surface area (Å²) in [6, 6.07) is 10.1. The smallest absolute Gasteiger partial charge is 0.151 e. The second-order valence-electron chi connectivity index (χ2n) is 3.90. The number of unbranched alkanes of at least 4 members (excludes halogenated alkanes) is 2. The third-order valence-electron chi connectivity index (χ3n) is 2.56. The fourth-order valence-corrected chi connectivity index (χ4v) is 1.65. The van der Waals surface area contributed by atoms with Gasteiger partial charge in [-0.25, -0.2) is 9.67 Å². The van der Waals surface area contributed by atoms with Gasteiger partial charge in [0.1, 0.15) is 6.33 Å². The average Bonchev–Trinajstić information content (AvgIpc) is 2.79. The minimum atomic E-state index is 0.942. The molecule has 3 nitrogen and oxygen atoms in total. The van der Waals surface area contributed by atoms with Crippen LogP contribution >= 0.6 is 0 Å². The van der Waals surface area contributed by atoms with Crippen molar-refractivity contribution in [3.8, 4) is 5.69 Å². The summed E-state index contributed by atoms with van der Waals surface area (Å²) in [5.41, 5.74) is 1.07. The Balaban J connectivity index is 2.02. The van der Waals surface area contributed by atoms with E-state index in [4.69, 9.17) is 0 Å². The Kier molecular flexibility index (Phi) is 3.70. The van der Waals surface area contributed by atoms with Gasteiger partial charge in [0.25, 0.3) is 0 Å². The molecule has 2 aromatic rings. The van der Waals surface area contributed by atoms with Crippen LogP contribution in [0.1, 0.15) is 32.0 Å². The van der Waals surface area contributed by atoms with Gasteiger partial charge in [0.05, 0.1) is 5.69 Å². The van der Waals surface area contributed by atoms with Crippen molar-refractivity contribution in [1.29, 1.82) is 0 Å². The average molecular weight is 215 g/mol. The zero-order chi connectivity index (χ0) is 11.2. The lowest BCUT2D eigenvalue weighted by molar-refractivity contribution is 0.690. The van der Waals surface area contributed by atoms with Gasteiger partial charge in [0, 0.05) is 6.42 Å². The highest BCUT2D eigenvalue weighted by Gasteiger charge is 2.01. The Morgan fingerprint density at radius 1 is 1.12 bits per heavy atom. The Morgan fingerprint density at radius 3 is 2.69 bits per heavy atom. The molecule has 1 aromatic heterocycles. The number of aryl methyl sites for hydroxylation is 1. The Morgan fingerprint density at radius 2 is 1.94 bits per heavy atom. The number of aromatic nitrogens is 3. The van der Waals surface area contributed by atoms with Crippen molar-refractivity contribution in [2.75, 3.05) is 0 Å². The molecule has 0 saturated carbocycles. The molecule has 0 fully saturated rings. The van der Waals surface area contributed by atoms with E-state index in [0.717, 1.165) is 17.9 Å². The number of rotatable bonds is 5. The van der Waals surface area contributed by atoms with Crippen LogP contribution < -0.4 is 0 Å². The lowest BCUT2D eigenvalue weighted by atomic mass is 10.2. The van der Waals surface area contributed by atoms with E-state index < -0.39 is 0 Å². The van der Waals surface area contributed by atoms with Crippen molar-refractivity contribution in [3.05, 3.63) is 42.5 Å². The molecule has 0 saturated heterocycles. The highest BCUT2D eigenvalue weighted by atomic mass is 15.3. The van der Waals surface area contributed by atoms with Crippen LogP contribution in [0, 0.1) is 0 Å². The van der Waals surface area contributed by atoms with Crippen molar-refractivity contribution in [1.82, 2.24) is 14.8 Å². The second-order valence-corrected chi connectivity index (χ2v) is 3.90. The van der Waals surface area contributed by atoms with Crippen molar-refractivity contribution in [2.24, 2.45) is 0 Å². The predicted molar refractivity (Wildman–Crippen MR) is 64.6 cm³/mol. The van der Waals surface area contributed by atoms with Crippen molar-refractivity contribution >= 4 is 0 Å². The van der Waals surface area contributed by atoms with Crippen LogP contribution in [0.3, 0.4) is 0 Å². The van der Waals surface area contributed by atoms with E-state index in [-0.39, 0.29) is 0 Å². The summed E-state index contributed by atoms with van der Waals surface area (Å²) < 4.78 is 1.83. The molecule has 1 aromatic carbocycles. The molecular weight excluding hydrogens is 198 g/mol. The minimum absolute atomic E-state index is 0.942. The van der Waals surface area contributed by atoms with Gasteiger partial charge in [-0.05, 0) is 18.6 Å². The van der Waals surface area contributed by atoms with E-state index in [0.29, 0.717) is 0 Å². The molecule has 0 atom stereocenters. The van der Waals surface area contributed by atoms with Gasteiger partial charge in [-0.1, -0.05) is 38.0 Å². The molecule has 0 amide bonds. The minimum Gasteiger partial charge on any atom is -0.221 e. The van der Waals surface area contributed by atoms with Crippen molar-refractivity contribution in [3.63, 3.8) is 0 Å². The van der Waals surface area contributed by atoms with Crippen LogP contribution in [0.5, 0.6) is 0 Å². The van der Waals surface area contributed by atoms with E-state index in [1.54, 1.807) is 6.33 Å². The van der Waals surface area contributed by atoms with E-state index in [1.807, 2.05) is 35.0 Å². The summed E-state index contributed by atoms with van der Waals surface area (Å²) in [5, 5.41) is 4.46. The van der Waals surface area contributed by atoms with Gasteiger partial charge in [-0.3, -0.25) is 0 Å². The van der Waals surface area contributed by atoms with Gasteiger partial charge in [0.15, 0.2) is 5.82 Å². The molecule has 16 heavy (non-hydrogen) atoms. The number of benzene rings is 1. The summed E-state index contributed by atoms with van der Waals surface area (Å²) >= 11 is 0. The molecule has 0 unspecified atom stereocenters. The topological polar surface area (TPSA) is 30.7 Å². The molecule has 0 N–H and O–H groups in total. The second kappa shape index (κ2) is 5.45. The van der Waals surface area contributed by atoms with Gasteiger partial charge in [-0.2, -0.15) is 5.10 Å². The standard InChI is InChI=1S/C13H17N3/c1-2-3-5-10-13-14-11-16(15-13)12-8-6-4-7-9-12/h4,6-9,11H,2-3,5,10H2,1H3. The third-order valence-corrected chi connectivity index (χ3v) is 2.56. The fraction of sp³-hybridized carbons (Fsp3) is 0.385. The van der Waals surface area contributed by atoms with E-state index in [1.165, 1.54) is 19.3 Å². The lowest BCUT2D eigenvalue weighted by Crippen LogP contribution is -1.95. The highest BCUT2D eigenvalue weighted by Crippen LogP contribution is 2.06. The first-order valence-electron chi connectivity index (χ1n) is 5.86. The Hall–Kier alpha value is -1.64. The molecule has 0 spiro atoms. The molecule has 1 heterocycles.